The van der Waals surface area contributed by atoms with Gasteiger partial charge in [-0.15, -0.1) is 5.10 Å². The minimum atomic E-state index is 0.00829. The molecule has 102 valence electrons. The quantitative estimate of drug-likeness (QED) is 0.914. The van der Waals surface area contributed by atoms with Gasteiger partial charge in [0.05, 0.1) is 17.9 Å². The Hall–Kier alpha value is -1.39. The highest BCUT2D eigenvalue weighted by Crippen LogP contribution is 2.29. The van der Waals surface area contributed by atoms with Gasteiger partial charge in [0.2, 0.25) is 0 Å². The molecule has 0 aliphatic heterocycles. The van der Waals surface area contributed by atoms with Crippen LogP contribution in [-0.2, 0) is 6.54 Å². The summed E-state index contributed by atoms with van der Waals surface area (Å²) in [5.41, 5.74) is 3.18. The van der Waals surface area contributed by atoms with Crippen molar-refractivity contribution in [3.63, 3.8) is 0 Å². The van der Waals surface area contributed by atoms with Gasteiger partial charge in [-0.25, -0.2) is 4.68 Å². The third-order valence-electron chi connectivity index (χ3n) is 3.20. The fourth-order valence-electron chi connectivity index (χ4n) is 2.23. The van der Waals surface area contributed by atoms with Crippen LogP contribution in [0.25, 0.3) is 0 Å². The molecule has 1 unspecified atom stereocenters. The lowest BCUT2D eigenvalue weighted by molar-refractivity contribution is 0.523. The first-order valence-electron chi connectivity index (χ1n) is 6.49. The Morgan fingerprint density at radius 2 is 2.21 bits per heavy atom. The molecule has 1 atom stereocenters. The van der Waals surface area contributed by atoms with Crippen molar-refractivity contribution in [1.29, 1.82) is 0 Å². The molecule has 4 nitrogen and oxygen atoms in total. The SMILES string of the molecule is CCCn1nncc1C(NC)c1cccc(C)c1Cl. The summed E-state index contributed by atoms with van der Waals surface area (Å²) in [5, 5.41) is 12.3. The van der Waals surface area contributed by atoms with Gasteiger partial charge < -0.3 is 5.32 Å². The van der Waals surface area contributed by atoms with Crippen molar-refractivity contribution in [2.45, 2.75) is 32.9 Å². The van der Waals surface area contributed by atoms with E-state index in [1.165, 1.54) is 0 Å². The molecule has 1 heterocycles. The van der Waals surface area contributed by atoms with Crippen LogP contribution in [-0.4, -0.2) is 22.0 Å². The van der Waals surface area contributed by atoms with Gasteiger partial charge in [0.25, 0.3) is 0 Å². The van der Waals surface area contributed by atoms with Crippen LogP contribution in [0.15, 0.2) is 24.4 Å². The second kappa shape index (κ2) is 6.17. The molecule has 2 aromatic rings. The zero-order chi connectivity index (χ0) is 13.8. The van der Waals surface area contributed by atoms with Crippen molar-refractivity contribution in [2.24, 2.45) is 0 Å². The number of hydrogen-bond acceptors (Lipinski definition) is 3. The second-order valence-corrected chi connectivity index (χ2v) is 4.96. The Morgan fingerprint density at radius 1 is 1.42 bits per heavy atom. The first-order valence-corrected chi connectivity index (χ1v) is 6.87. The maximum absolute atomic E-state index is 6.42. The van der Waals surface area contributed by atoms with Gasteiger partial charge >= 0.3 is 0 Å². The smallest absolute Gasteiger partial charge is 0.0802 e. The molecule has 0 amide bonds. The molecule has 1 N–H and O–H groups in total. The Kier molecular flexibility index (Phi) is 4.56. The van der Waals surface area contributed by atoms with Gasteiger partial charge in [-0.05, 0) is 31.5 Å². The third kappa shape index (κ3) is 2.80. The Labute approximate surface area is 118 Å². The minimum Gasteiger partial charge on any atom is -0.308 e. The average Bonchev–Trinajstić information content (AvgIpc) is 2.84. The van der Waals surface area contributed by atoms with E-state index in [1.54, 1.807) is 6.20 Å². The van der Waals surface area contributed by atoms with E-state index < -0.39 is 0 Å². The second-order valence-electron chi connectivity index (χ2n) is 4.58. The Morgan fingerprint density at radius 3 is 2.89 bits per heavy atom. The number of nitrogens with zero attached hydrogens (tertiary/aromatic N) is 3. The minimum absolute atomic E-state index is 0.00829. The molecule has 1 aromatic heterocycles. The Balaban J connectivity index is 2.44. The highest BCUT2D eigenvalue weighted by molar-refractivity contribution is 6.32. The molecule has 19 heavy (non-hydrogen) atoms. The predicted molar refractivity (Wildman–Crippen MR) is 77.4 cm³/mol. The molecule has 0 bridgehead atoms. The number of halogens is 1. The molecule has 0 spiro atoms. The molecule has 0 aliphatic rings. The first kappa shape index (κ1) is 14.0. The van der Waals surface area contributed by atoms with E-state index in [2.05, 4.69) is 22.6 Å². The zero-order valence-electron chi connectivity index (χ0n) is 11.5. The maximum Gasteiger partial charge on any atom is 0.0802 e. The first-order chi connectivity index (χ1) is 9.19. The van der Waals surface area contributed by atoms with E-state index in [0.717, 1.165) is 34.8 Å². The van der Waals surface area contributed by atoms with Crippen LogP contribution < -0.4 is 5.32 Å². The van der Waals surface area contributed by atoms with Gasteiger partial charge in [0.15, 0.2) is 0 Å². The van der Waals surface area contributed by atoms with Crippen LogP contribution in [0.4, 0.5) is 0 Å². The Bertz CT molecular complexity index is 550. The highest BCUT2D eigenvalue weighted by atomic mass is 35.5. The van der Waals surface area contributed by atoms with Crippen LogP contribution >= 0.6 is 11.6 Å². The monoisotopic (exact) mass is 278 g/mol. The summed E-state index contributed by atoms with van der Waals surface area (Å²) in [6.45, 7) is 5.00. The molecular formula is C14H19ClN4. The third-order valence-corrected chi connectivity index (χ3v) is 3.72. The van der Waals surface area contributed by atoms with Crippen LogP contribution in [0.1, 0.15) is 36.2 Å². The summed E-state index contributed by atoms with van der Waals surface area (Å²) in [7, 11) is 1.92. The summed E-state index contributed by atoms with van der Waals surface area (Å²) < 4.78 is 1.93. The van der Waals surface area contributed by atoms with Crippen molar-refractivity contribution in [1.82, 2.24) is 20.3 Å². The molecular weight excluding hydrogens is 260 g/mol. The number of aromatic nitrogens is 3. The highest BCUT2D eigenvalue weighted by Gasteiger charge is 2.20. The largest absolute Gasteiger partial charge is 0.308 e. The van der Waals surface area contributed by atoms with E-state index in [4.69, 9.17) is 11.6 Å². The zero-order valence-corrected chi connectivity index (χ0v) is 12.3. The fourth-order valence-corrected chi connectivity index (χ4v) is 2.47. The molecule has 1 aromatic carbocycles. The molecule has 0 fully saturated rings. The van der Waals surface area contributed by atoms with Crippen molar-refractivity contribution in [3.05, 3.63) is 46.2 Å². The van der Waals surface area contributed by atoms with Gasteiger partial charge in [-0.3, -0.25) is 0 Å². The maximum atomic E-state index is 6.42. The van der Waals surface area contributed by atoms with E-state index in [-0.39, 0.29) is 6.04 Å². The summed E-state index contributed by atoms with van der Waals surface area (Å²) in [5.74, 6) is 0. The van der Waals surface area contributed by atoms with Gasteiger partial charge in [0, 0.05) is 11.6 Å². The summed E-state index contributed by atoms with van der Waals surface area (Å²) in [4.78, 5) is 0. The van der Waals surface area contributed by atoms with E-state index >= 15 is 0 Å². The molecule has 2 rings (SSSR count). The van der Waals surface area contributed by atoms with E-state index in [9.17, 15) is 0 Å². The number of aryl methyl sites for hydroxylation is 2. The van der Waals surface area contributed by atoms with Gasteiger partial charge in [-0.2, -0.15) is 0 Å². The summed E-state index contributed by atoms with van der Waals surface area (Å²) >= 11 is 6.42. The molecule has 5 heteroatoms. The van der Waals surface area contributed by atoms with Crippen molar-refractivity contribution in [2.75, 3.05) is 7.05 Å². The number of benzene rings is 1. The van der Waals surface area contributed by atoms with Crippen molar-refractivity contribution in [3.8, 4) is 0 Å². The number of nitrogens with one attached hydrogen (secondary N) is 1. The van der Waals surface area contributed by atoms with E-state index in [0.29, 0.717) is 0 Å². The van der Waals surface area contributed by atoms with Crippen LogP contribution in [0.3, 0.4) is 0 Å². The fraction of sp³-hybridized carbons (Fsp3) is 0.429. The normalized spacial score (nSPS) is 12.6. The number of hydrogen-bond donors (Lipinski definition) is 1. The lowest BCUT2D eigenvalue weighted by Gasteiger charge is -2.19. The number of rotatable bonds is 5. The average molecular weight is 279 g/mol. The van der Waals surface area contributed by atoms with Crippen LogP contribution in [0, 0.1) is 6.92 Å². The molecule has 0 radical (unpaired) electrons. The lowest BCUT2D eigenvalue weighted by atomic mass is 10.0. The molecule has 0 aliphatic carbocycles. The lowest BCUT2D eigenvalue weighted by Crippen LogP contribution is -2.22. The van der Waals surface area contributed by atoms with Crippen LogP contribution in [0.5, 0.6) is 0 Å². The summed E-state index contributed by atoms with van der Waals surface area (Å²) in [6.07, 6.45) is 2.82. The van der Waals surface area contributed by atoms with Gasteiger partial charge in [-0.1, -0.05) is 41.9 Å². The molecule has 0 saturated heterocycles. The standard InChI is InChI=1S/C14H19ClN4/c1-4-8-19-12(9-17-18-19)14(16-3)11-7-5-6-10(2)13(11)15/h5-7,9,14,16H,4,8H2,1-3H3. The van der Waals surface area contributed by atoms with E-state index in [1.807, 2.05) is 36.9 Å². The molecule has 0 saturated carbocycles. The topological polar surface area (TPSA) is 42.7 Å². The predicted octanol–water partition coefficient (Wildman–Crippen LogP) is 2.96. The summed E-state index contributed by atoms with van der Waals surface area (Å²) in [6, 6.07) is 6.09. The van der Waals surface area contributed by atoms with Crippen molar-refractivity contribution >= 4 is 11.6 Å². The van der Waals surface area contributed by atoms with Gasteiger partial charge in [0.1, 0.15) is 0 Å². The van der Waals surface area contributed by atoms with Crippen LogP contribution in [0.2, 0.25) is 5.02 Å². The van der Waals surface area contributed by atoms with Crippen molar-refractivity contribution < 1.29 is 0 Å².